The minimum absolute atomic E-state index is 0.0217. The molecule has 5 rings (SSSR count). The predicted molar refractivity (Wildman–Crippen MR) is 148 cm³/mol. The number of hydrogen-bond donors (Lipinski definition) is 3. The molecule has 0 radical (unpaired) electrons. The number of imidazole rings is 1. The molecule has 0 aliphatic carbocycles. The summed E-state index contributed by atoms with van der Waals surface area (Å²) in [5, 5.41) is -1.05. The molecule has 0 spiro atoms. The van der Waals surface area contributed by atoms with Crippen molar-refractivity contribution in [1.82, 2.24) is 19.4 Å². The Morgan fingerprint density at radius 1 is 1.05 bits per heavy atom. The van der Waals surface area contributed by atoms with Gasteiger partial charge in [-0.2, -0.15) is 13.2 Å². The lowest BCUT2D eigenvalue weighted by Crippen LogP contribution is -2.31. The highest BCUT2D eigenvalue weighted by Crippen LogP contribution is 2.32. The van der Waals surface area contributed by atoms with E-state index in [1.54, 1.807) is 12.1 Å². The van der Waals surface area contributed by atoms with E-state index in [0.717, 1.165) is 29.3 Å². The summed E-state index contributed by atoms with van der Waals surface area (Å²) in [5.74, 6) is -0.381. The molecule has 1 amide bonds. The highest BCUT2D eigenvalue weighted by molar-refractivity contribution is 7.90. The third-order valence-corrected chi connectivity index (χ3v) is 10.0. The molecule has 3 N–H and O–H groups in total. The molecule has 1 aromatic heterocycles. The van der Waals surface area contributed by atoms with Gasteiger partial charge in [0.05, 0.1) is 34.8 Å². The van der Waals surface area contributed by atoms with Crippen molar-refractivity contribution in [3.05, 3.63) is 107 Å². The number of sulfonamides is 2. The van der Waals surface area contributed by atoms with Crippen molar-refractivity contribution in [2.24, 2.45) is 0 Å². The maximum atomic E-state index is 13.3. The smallest absolute Gasteiger partial charge is 0.341 e. The molecule has 220 valence electrons. The van der Waals surface area contributed by atoms with Crippen LogP contribution >= 0.6 is 0 Å². The van der Waals surface area contributed by atoms with E-state index in [4.69, 9.17) is 0 Å². The zero-order valence-electron chi connectivity index (χ0n) is 22.0. The van der Waals surface area contributed by atoms with Crippen LogP contribution in [0.3, 0.4) is 0 Å². The van der Waals surface area contributed by atoms with Crippen molar-refractivity contribution < 1.29 is 34.8 Å². The van der Waals surface area contributed by atoms with Crippen molar-refractivity contribution in [3.8, 4) is 11.3 Å². The highest BCUT2D eigenvalue weighted by atomic mass is 32.2. The van der Waals surface area contributed by atoms with E-state index >= 15 is 0 Å². The summed E-state index contributed by atoms with van der Waals surface area (Å²) in [6, 6.07) is 16.2. The number of aryl methyl sites for hydroxylation is 1. The van der Waals surface area contributed by atoms with Gasteiger partial charge in [0, 0.05) is 0 Å². The molecule has 2 heterocycles. The fourth-order valence-electron chi connectivity index (χ4n) is 4.63. The van der Waals surface area contributed by atoms with E-state index in [9.17, 15) is 34.8 Å². The van der Waals surface area contributed by atoms with Crippen LogP contribution in [0.1, 0.15) is 45.8 Å². The molecular weight excluding hydrogens is 593 g/mol. The summed E-state index contributed by atoms with van der Waals surface area (Å²) in [5.41, 5.74) is 2.30. The second-order valence-corrected chi connectivity index (χ2v) is 13.5. The number of carbonyl (C=O) groups excluding carboxylic acids is 1. The van der Waals surface area contributed by atoms with E-state index in [1.807, 2.05) is 35.9 Å². The van der Waals surface area contributed by atoms with Crippen LogP contribution in [0.4, 0.5) is 13.2 Å². The lowest BCUT2D eigenvalue weighted by atomic mass is 10.0. The molecule has 1 aliphatic heterocycles. The Morgan fingerprint density at radius 3 is 2.36 bits per heavy atom. The van der Waals surface area contributed by atoms with Crippen molar-refractivity contribution in [3.63, 3.8) is 0 Å². The number of alkyl halides is 3. The largest absolute Gasteiger partial charge is 0.416 e. The zero-order valence-corrected chi connectivity index (χ0v) is 23.6. The lowest BCUT2D eigenvalue weighted by molar-refractivity contribution is -0.137. The van der Waals surface area contributed by atoms with Crippen LogP contribution in [0.25, 0.3) is 11.3 Å². The summed E-state index contributed by atoms with van der Waals surface area (Å²) in [7, 11) is -8.30. The van der Waals surface area contributed by atoms with E-state index in [-0.39, 0.29) is 18.7 Å². The van der Waals surface area contributed by atoms with Crippen molar-refractivity contribution in [1.29, 1.82) is 0 Å². The van der Waals surface area contributed by atoms with Gasteiger partial charge in [0.25, 0.3) is 0 Å². The first-order chi connectivity index (χ1) is 19.7. The standard InChI is InChI=1S/C28H25F3N4O5S2/c1-17-5-9-19(10-6-17)24-16-32-27(33-24)23(34-41(37,38)22-4-2-3-21(14-22)28(29,30)31)13-18-7-11-20(12-8-18)25-15-26(36)35-42(25,39)40/h2-12,14,16,23,25,34H,13,15H2,1H3,(H,32,33)(H,35,36). The molecule has 1 saturated heterocycles. The number of carbonyl (C=O) groups is 1. The molecule has 1 aliphatic rings. The first kappa shape index (κ1) is 29.5. The van der Waals surface area contributed by atoms with Crippen LogP contribution in [0, 0.1) is 6.92 Å². The molecule has 42 heavy (non-hydrogen) atoms. The van der Waals surface area contributed by atoms with Gasteiger partial charge < -0.3 is 4.98 Å². The van der Waals surface area contributed by atoms with Crippen LogP contribution in [-0.2, 0) is 37.4 Å². The van der Waals surface area contributed by atoms with Crippen LogP contribution in [0.15, 0.2) is 83.9 Å². The predicted octanol–water partition coefficient (Wildman–Crippen LogP) is 4.56. The average molecular weight is 619 g/mol. The molecule has 0 bridgehead atoms. The molecule has 3 aromatic carbocycles. The minimum atomic E-state index is -4.73. The van der Waals surface area contributed by atoms with Gasteiger partial charge in [0.2, 0.25) is 26.0 Å². The Hall–Kier alpha value is -4.01. The fraction of sp³-hybridized carbons (Fsp3) is 0.214. The van der Waals surface area contributed by atoms with E-state index < -0.39 is 53.9 Å². The van der Waals surface area contributed by atoms with Gasteiger partial charge in [-0.15, -0.1) is 0 Å². The van der Waals surface area contributed by atoms with Gasteiger partial charge in [0.15, 0.2) is 0 Å². The average Bonchev–Trinajstić information content (AvgIpc) is 3.52. The zero-order chi connectivity index (χ0) is 30.3. The van der Waals surface area contributed by atoms with Gasteiger partial charge in [-0.05, 0) is 48.2 Å². The number of hydrogen-bond acceptors (Lipinski definition) is 6. The number of aromatic amines is 1. The Balaban J connectivity index is 1.47. The Morgan fingerprint density at radius 2 is 1.74 bits per heavy atom. The van der Waals surface area contributed by atoms with E-state index in [2.05, 4.69) is 14.7 Å². The quantitative estimate of drug-likeness (QED) is 0.265. The van der Waals surface area contributed by atoms with Crippen LogP contribution < -0.4 is 9.44 Å². The van der Waals surface area contributed by atoms with Crippen LogP contribution in [0.2, 0.25) is 0 Å². The Kier molecular flexibility index (Phi) is 7.72. The number of nitrogens with zero attached hydrogens (tertiary/aromatic N) is 1. The normalized spacial score (nSPS) is 17.6. The minimum Gasteiger partial charge on any atom is -0.341 e. The molecule has 2 atom stereocenters. The summed E-state index contributed by atoms with van der Waals surface area (Å²) in [4.78, 5) is 18.5. The molecule has 2 unspecified atom stereocenters. The molecule has 14 heteroatoms. The second kappa shape index (κ2) is 11.0. The van der Waals surface area contributed by atoms with Gasteiger partial charge in [-0.1, -0.05) is 60.2 Å². The maximum Gasteiger partial charge on any atom is 0.416 e. The van der Waals surface area contributed by atoms with Crippen LogP contribution in [0.5, 0.6) is 0 Å². The number of halogens is 3. The Labute approximate surface area is 240 Å². The summed E-state index contributed by atoms with van der Waals surface area (Å²) < 4.78 is 95.4. The van der Waals surface area contributed by atoms with Crippen LogP contribution in [-0.4, -0.2) is 32.7 Å². The number of amides is 1. The fourth-order valence-corrected chi connectivity index (χ4v) is 7.31. The van der Waals surface area contributed by atoms with Crippen molar-refractivity contribution in [2.45, 2.75) is 42.1 Å². The van der Waals surface area contributed by atoms with E-state index in [0.29, 0.717) is 22.9 Å². The Bertz CT molecular complexity index is 1840. The van der Waals surface area contributed by atoms with E-state index in [1.165, 1.54) is 18.3 Å². The molecule has 9 nitrogen and oxygen atoms in total. The summed E-state index contributed by atoms with van der Waals surface area (Å²) in [6.45, 7) is 1.93. The third-order valence-electron chi connectivity index (χ3n) is 6.85. The third kappa shape index (κ3) is 6.40. The molecule has 0 saturated carbocycles. The number of aromatic nitrogens is 2. The number of H-pyrrole nitrogens is 1. The van der Waals surface area contributed by atoms with Gasteiger partial charge in [0.1, 0.15) is 11.1 Å². The monoisotopic (exact) mass is 618 g/mol. The number of benzene rings is 3. The lowest BCUT2D eigenvalue weighted by Gasteiger charge is -2.18. The highest BCUT2D eigenvalue weighted by Gasteiger charge is 2.38. The van der Waals surface area contributed by atoms with Gasteiger partial charge in [-0.25, -0.2) is 26.5 Å². The molecule has 4 aromatic rings. The first-order valence-corrected chi connectivity index (χ1v) is 15.7. The SMILES string of the molecule is Cc1ccc(-c2cnc(C(Cc3ccc(C4CC(=O)NS4(=O)=O)cc3)NS(=O)(=O)c3cccc(C(F)(F)F)c3)[nH]2)cc1. The summed E-state index contributed by atoms with van der Waals surface area (Å²) >= 11 is 0. The second-order valence-electron chi connectivity index (χ2n) is 9.96. The maximum absolute atomic E-state index is 13.3. The topological polar surface area (TPSA) is 138 Å². The first-order valence-electron chi connectivity index (χ1n) is 12.7. The molecular formula is C28H25F3N4O5S2. The van der Waals surface area contributed by atoms with Gasteiger partial charge in [-0.3, -0.25) is 9.52 Å². The van der Waals surface area contributed by atoms with Crippen molar-refractivity contribution in [2.75, 3.05) is 0 Å². The van der Waals surface area contributed by atoms with Gasteiger partial charge >= 0.3 is 6.18 Å². The number of nitrogens with one attached hydrogen (secondary N) is 3. The summed E-state index contributed by atoms with van der Waals surface area (Å²) in [6.07, 6.45) is -3.39. The molecule has 1 fully saturated rings. The van der Waals surface area contributed by atoms with Crippen molar-refractivity contribution >= 4 is 26.0 Å². The number of rotatable bonds is 8.